The first-order chi connectivity index (χ1) is 7.65. The lowest BCUT2D eigenvalue weighted by Crippen LogP contribution is -2.10. The van der Waals surface area contributed by atoms with Crippen molar-refractivity contribution in [2.45, 2.75) is 38.7 Å². The Kier molecular flexibility index (Phi) is 3.39. The second-order valence-corrected chi connectivity index (χ2v) is 4.53. The number of rotatable bonds is 2. The van der Waals surface area contributed by atoms with Crippen molar-refractivity contribution >= 4 is 0 Å². The first-order valence-electron chi connectivity index (χ1n) is 5.78. The first kappa shape index (κ1) is 11.3. The molecule has 0 heterocycles. The molecule has 0 bridgehead atoms. The van der Waals surface area contributed by atoms with Crippen LogP contribution in [0.25, 0.3) is 0 Å². The zero-order valence-electron chi connectivity index (χ0n) is 9.54. The molecular weight excluding hydrogens is 203 g/mol. The second kappa shape index (κ2) is 4.79. The maximum Gasteiger partial charge on any atom is 0.123 e. The Labute approximate surface area is 95.6 Å². The van der Waals surface area contributed by atoms with Crippen LogP contribution in [0.1, 0.15) is 30.4 Å². The van der Waals surface area contributed by atoms with E-state index < -0.39 is 0 Å². The van der Waals surface area contributed by atoms with Crippen LogP contribution in [0.3, 0.4) is 0 Å². The first-order valence-corrected chi connectivity index (χ1v) is 5.78. The molecule has 0 aliphatic heterocycles. The van der Waals surface area contributed by atoms with Gasteiger partial charge in [-0.3, -0.25) is 0 Å². The third-order valence-electron chi connectivity index (χ3n) is 3.15. The fourth-order valence-electron chi connectivity index (χ4n) is 2.20. The predicted octanol–water partition coefficient (Wildman–Crippen LogP) is 3.15. The van der Waals surface area contributed by atoms with Crippen LogP contribution in [0.15, 0.2) is 29.8 Å². The Morgan fingerprint density at radius 2 is 2.25 bits per heavy atom. The van der Waals surface area contributed by atoms with Gasteiger partial charge < -0.3 is 5.11 Å². The summed E-state index contributed by atoms with van der Waals surface area (Å²) in [4.78, 5) is 0. The molecule has 1 aromatic rings. The molecule has 2 rings (SSSR count). The van der Waals surface area contributed by atoms with E-state index in [0.717, 1.165) is 36.8 Å². The minimum atomic E-state index is -0.308. The highest BCUT2D eigenvalue weighted by molar-refractivity contribution is 5.31. The van der Waals surface area contributed by atoms with E-state index >= 15 is 0 Å². The number of halogens is 1. The Morgan fingerprint density at radius 1 is 1.44 bits per heavy atom. The SMILES string of the molecule is Cc1ccc(F)cc1CC1=CC(O)CCC1. The summed E-state index contributed by atoms with van der Waals surface area (Å²) in [6.45, 7) is 1.99. The zero-order valence-corrected chi connectivity index (χ0v) is 9.54. The van der Waals surface area contributed by atoms with Gasteiger partial charge in [0.05, 0.1) is 6.10 Å². The molecule has 1 unspecified atom stereocenters. The molecule has 2 heteroatoms. The lowest BCUT2D eigenvalue weighted by atomic mass is 9.91. The van der Waals surface area contributed by atoms with E-state index in [1.165, 1.54) is 11.6 Å². The molecule has 0 aromatic heterocycles. The van der Waals surface area contributed by atoms with Crippen molar-refractivity contribution in [3.05, 3.63) is 46.8 Å². The van der Waals surface area contributed by atoms with E-state index in [1.54, 1.807) is 6.07 Å². The standard InChI is InChI=1S/C14H17FO/c1-10-5-6-13(15)9-12(10)7-11-3-2-4-14(16)8-11/h5-6,8-9,14,16H,2-4,7H2,1H3. The topological polar surface area (TPSA) is 20.2 Å². The molecular formula is C14H17FO. The van der Waals surface area contributed by atoms with Gasteiger partial charge in [-0.1, -0.05) is 17.7 Å². The van der Waals surface area contributed by atoms with Gasteiger partial charge in [0.15, 0.2) is 0 Å². The fourth-order valence-corrected chi connectivity index (χ4v) is 2.20. The highest BCUT2D eigenvalue weighted by Crippen LogP contribution is 2.23. The van der Waals surface area contributed by atoms with Crippen molar-refractivity contribution in [3.63, 3.8) is 0 Å². The summed E-state index contributed by atoms with van der Waals surface area (Å²) in [7, 11) is 0. The van der Waals surface area contributed by atoms with Gasteiger partial charge in [0.25, 0.3) is 0 Å². The minimum Gasteiger partial charge on any atom is -0.389 e. The van der Waals surface area contributed by atoms with Crippen molar-refractivity contribution in [1.29, 1.82) is 0 Å². The van der Waals surface area contributed by atoms with Crippen LogP contribution < -0.4 is 0 Å². The van der Waals surface area contributed by atoms with Crippen LogP contribution in [-0.4, -0.2) is 11.2 Å². The third-order valence-corrected chi connectivity index (χ3v) is 3.15. The average Bonchev–Trinajstić information content (AvgIpc) is 2.24. The molecule has 1 N–H and O–H groups in total. The molecule has 0 saturated heterocycles. The van der Waals surface area contributed by atoms with Gasteiger partial charge in [0.1, 0.15) is 5.82 Å². The van der Waals surface area contributed by atoms with E-state index in [2.05, 4.69) is 0 Å². The van der Waals surface area contributed by atoms with Gasteiger partial charge in [0.2, 0.25) is 0 Å². The summed E-state index contributed by atoms with van der Waals surface area (Å²) in [6.07, 6.45) is 5.28. The van der Waals surface area contributed by atoms with E-state index in [-0.39, 0.29) is 11.9 Å². The molecule has 1 aliphatic rings. The van der Waals surface area contributed by atoms with Crippen molar-refractivity contribution in [1.82, 2.24) is 0 Å². The molecule has 1 aliphatic carbocycles. The van der Waals surface area contributed by atoms with Gasteiger partial charge in [-0.05, 0) is 55.9 Å². The molecule has 0 radical (unpaired) electrons. The van der Waals surface area contributed by atoms with Crippen LogP contribution in [0, 0.1) is 12.7 Å². The molecule has 1 aromatic carbocycles. The van der Waals surface area contributed by atoms with Gasteiger partial charge in [-0.2, -0.15) is 0 Å². The van der Waals surface area contributed by atoms with Crippen molar-refractivity contribution < 1.29 is 9.50 Å². The van der Waals surface area contributed by atoms with Crippen molar-refractivity contribution in [2.24, 2.45) is 0 Å². The molecule has 1 atom stereocenters. The Hall–Kier alpha value is -1.15. The van der Waals surface area contributed by atoms with Crippen LogP contribution in [0.2, 0.25) is 0 Å². The molecule has 1 nitrogen and oxygen atoms in total. The van der Waals surface area contributed by atoms with E-state index in [9.17, 15) is 9.50 Å². The van der Waals surface area contributed by atoms with Crippen molar-refractivity contribution in [2.75, 3.05) is 0 Å². The van der Waals surface area contributed by atoms with E-state index in [4.69, 9.17) is 0 Å². The maximum atomic E-state index is 13.1. The van der Waals surface area contributed by atoms with Gasteiger partial charge in [-0.25, -0.2) is 4.39 Å². The fraction of sp³-hybridized carbons (Fsp3) is 0.429. The number of hydrogen-bond donors (Lipinski definition) is 1. The highest BCUT2D eigenvalue weighted by Gasteiger charge is 2.12. The lowest BCUT2D eigenvalue weighted by molar-refractivity contribution is 0.202. The van der Waals surface area contributed by atoms with Crippen LogP contribution >= 0.6 is 0 Å². The number of hydrogen-bond acceptors (Lipinski definition) is 1. The lowest BCUT2D eigenvalue weighted by Gasteiger charge is -2.17. The van der Waals surface area contributed by atoms with Crippen LogP contribution in [-0.2, 0) is 6.42 Å². The van der Waals surface area contributed by atoms with Crippen LogP contribution in [0.5, 0.6) is 0 Å². The smallest absolute Gasteiger partial charge is 0.123 e. The average molecular weight is 220 g/mol. The number of aliphatic hydroxyl groups excluding tert-OH is 1. The quantitative estimate of drug-likeness (QED) is 0.759. The minimum absolute atomic E-state index is 0.183. The molecule has 0 fully saturated rings. The summed E-state index contributed by atoms with van der Waals surface area (Å²) < 4.78 is 13.1. The number of aliphatic hydroxyl groups is 1. The summed E-state index contributed by atoms with van der Waals surface area (Å²) >= 11 is 0. The zero-order chi connectivity index (χ0) is 11.5. The molecule has 86 valence electrons. The van der Waals surface area contributed by atoms with Gasteiger partial charge >= 0.3 is 0 Å². The third kappa shape index (κ3) is 2.70. The monoisotopic (exact) mass is 220 g/mol. The Morgan fingerprint density at radius 3 is 3.00 bits per heavy atom. The highest BCUT2D eigenvalue weighted by atomic mass is 19.1. The van der Waals surface area contributed by atoms with E-state index in [1.807, 2.05) is 19.1 Å². The second-order valence-electron chi connectivity index (χ2n) is 4.53. The summed E-state index contributed by atoms with van der Waals surface area (Å²) in [5.74, 6) is -0.183. The summed E-state index contributed by atoms with van der Waals surface area (Å²) in [5.41, 5.74) is 3.37. The van der Waals surface area contributed by atoms with E-state index in [0.29, 0.717) is 0 Å². The largest absolute Gasteiger partial charge is 0.389 e. The molecule has 16 heavy (non-hydrogen) atoms. The Bertz CT molecular complexity index is 409. The Balaban J connectivity index is 2.17. The number of benzene rings is 1. The number of allylic oxidation sites excluding steroid dienone is 1. The molecule has 0 spiro atoms. The van der Waals surface area contributed by atoms with Crippen LogP contribution in [0.4, 0.5) is 4.39 Å². The summed E-state index contributed by atoms with van der Waals surface area (Å²) in [5, 5.41) is 9.53. The molecule has 0 saturated carbocycles. The van der Waals surface area contributed by atoms with Gasteiger partial charge in [0, 0.05) is 0 Å². The van der Waals surface area contributed by atoms with Crippen molar-refractivity contribution in [3.8, 4) is 0 Å². The summed E-state index contributed by atoms with van der Waals surface area (Å²) in [6, 6.07) is 4.89. The number of aryl methyl sites for hydroxylation is 1. The molecule has 0 amide bonds. The normalized spacial score (nSPS) is 20.7. The predicted molar refractivity (Wildman–Crippen MR) is 62.8 cm³/mol. The maximum absolute atomic E-state index is 13.1. The van der Waals surface area contributed by atoms with Gasteiger partial charge in [-0.15, -0.1) is 0 Å².